The summed E-state index contributed by atoms with van der Waals surface area (Å²) in [5, 5.41) is 3.20. The van der Waals surface area contributed by atoms with Gasteiger partial charge in [0.05, 0.1) is 11.3 Å². The maximum atomic E-state index is 12.8. The number of ether oxygens (including phenoxy) is 2. The molecule has 0 radical (unpaired) electrons. The lowest BCUT2D eigenvalue weighted by atomic mass is 9.74. The van der Waals surface area contributed by atoms with Crippen LogP contribution in [-0.4, -0.2) is 37.3 Å². The molecule has 0 saturated carbocycles. The van der Waals surface area contributed by atoms with Crippen LogP contribution in [0.15, 0.2) is 28.5 Å². The summed E-state index contributed by atoms with van der Waals surface area (Å²) in [5.74, 6) is 0.0712. The van der Waals surface area contributed by atoms with E-state index in [0.717, 1.165) is 9.77 Å². The Labute approximate surface area is 188 Å². The summed E-state index contributed by atoms with van der Waals surface area (Å²) in [6.07, 6.45) is 0.514. The van der Waals surface area contributed by atoms with Gasteiger partial charge in [0, 0.05) is 28.4 Å². The van der Waals surface area contributed by atoms with Crippen LogP contribution in [0, 0.1) is 5.41 Å². The molecule has 0 saturated heterocycles. The second-order valence-electron chi connectivity index (χ2n) is 7.62. The number of anilines is 1. The fourth-order valence-corrected chi connectivity index (χ4v) is 5.86. The van der Waals surface area contributed by atoms with Gasteiger partial charge in [0.25, 0.3) is 0 Å². The number of fused-ring (bicyclic) bond motifs is 1. The minimum Gasteiger partial charge on any atom is -0.465 e. The molecule has 1 aromatic heterocycles. The summed E-state index contributed by atoms with van der Waals surface area (Å²) in [6, 6.07) is 6.70. The van der Waals surface area contributed by atoms with Gasteiger partial charge in [0.2, 0.25) is 0 Å². The molecule has 1 amide bonds. The number of halogens is 1. The normalized spacial score (nSPS) is 14.7. The first kappa shape index (κ1) is 22.7. The van der Waals surface area contributed by atoms with E-state index in [-0.39, 0.29) is 17.8 Å². The zero-order valence-corrected chi connectivity index (χ0v) is 19.3. The molecule has 160 valence electrons. The Morgan fingerprint density at radius 3 is 2.60 bits per heavy atom. The second-order valence-corrected chi connectivity index (χ2v) is 10.4. The van der Waals surface area contributed by atoms with E-state index < -0.39 is 12.1 Å². The SMILES string of the molecule is COC(=O)c1sc(SCCOC(=O)Nc2ccc(Cl)cc2)c2c1CC(C)(C)CC2=O. The molecular weight excluding hydrogens is 446 g/mol. The zero-order chi connectivity index (χ0) is 21.9. The molecule has 1 heterocycles. The maximum Gasteiger partial charge on any atom is 0.411 e. The average molecular weight is 468 g/mol. The molecule has 0 fully saturated rings. The van der Waals surface area contributed by atoms with Crippen molar-refractivity contribution in [3.05, 3.63) is 45.3 Å². The highest BCUT2D eigenvalue weighted by Crippen LogP contribution is 2.45. The molecule has 1 aliphatic rings. The number of methoxy groups -OCH3 is 1. The molecule has 1 aromatic carbocycles. The van der Waals surface area contributed by atoms with Gasteiger partial charge < -0.3 is 9.47 Å². The fraction of sp³-hybridized carbons (Fsp3) is 0.381. The summed E-state index contributed by atoms with van der Waals surface area (Å²) in [7, 11) is 1.34. The van der Waals surface area contributed by atoms with Gasteiger partial charge in [0.15, 0.2) is 5.78 Å². The van der Waals surface area contributed by atoms with Gasteiger partial charge in [-0.05, 0) is 41.7 Å². The molecule has 0 bridgehead atoms. The third-order valence-corrected chi connectivity index (χ3v) is 7.26. The lowest BCUT2D eigenvalue weighted by Gasteiger charge is -2.29. The Bertz CT molecular complexity index is 969. The van der Waals surface area contributed by atoms with Gasteiger partial charge in [-0.2, -0.15) is 0 Å². The minimum atomic E-state index is -0.570. The average Bonchev–Trinajstić information content (AvgIpc) is 3.04. The van der Waals surface area contributed by atoms with Crippen LogP contribution in [0.3, 0.4) is 0 Å². The van der Waals surface area contributed by atoms with Crippen molar-refractivity contribution in [2.75, 3.05) is 24.8 Å². The van der Waals surface area contributed by atoms with Crippen LogP contribution in [0.4, 0.5) is 10.5 Å². The van der Waals surface area contributed by atoms with Gasteiger partial charge in [-0.15, -0.1) is 23.1 Å². The Kier molecular flexibility index (Phi) is 7.10. The van der Waals surface area contributed by atoms with Gasteiger partial charge in [0.1, 0.15) is 11.5 Å². The highest BCUT2D eigenvalue weighted by atomic mass is 35.5. The number of carbonyl (C=O) groups is 3. The van der Waals surface area contributed by atoms with Crippen LogP contribution >= 0.6 is 34.7 Å². The van der Waals surface area contributed by atoms with Gasteiger partial charge >= 0.3 is 12.1 Å². The van der Waals surface area contributed by atoms with Crippen LogP contribution in [0.5, 0.6) is 0 Å². The second kappa shape index (κ2) is 9.41. The first-order chi connectivity index (χ1) is 14.2. The van der Waals surface area contributed by atoms with E-state index in [0.29, 0.717) is 39.7 Å². The summed E-state index contributed by atoms with van der Waals surface area (Å²) in [4.78, 5) is 37.4. The van der Waals surface area contributed by atoms with Crippen molar-refractivity contribution < 1.29 is 23.9 Å². The van der Waals surface area contributed by atoms with Gasteiger partial charge in [-0.25, -0.2) is 9.59 Å². The van der Waals surface area contributed by atoms with E-state index in [9.17, 15) is 14.4 Å². The van der Waals surface area contributed by atoms with Crippen molar-refractivity contribution in [3.63, 3.8) is 0 Å². The molecule has 6 nitrogen and oxygen atoms in total. The van der Waals surface area contributed by atoms with Crippen LogP contribution in [-0.2, 0) is 15.9 Å². The van der Waals surface area contributed by atoms with Crippen molar-refractivity contribution in [1.29, 1.82) is 0 Å². The van der Waals surface area contributed by atoms with E-state index >= 15 is 0 Å². The first-order valence-electron chi connectivity index (χ1n) is 9.29. The molecule has 0 atom stereocenters. The van der Waals surface area contributed by atoms with Gasteiger partial charge in [-0.1, -0.05) is 25.4 Å². The Balaban J connectivity index is 1.62. The Morgan fingerprint density at radius 1 is 1.23 bits per heavy atom. The van der Waals surface area contributed by atoms with Crippen LogP contribution in [0.25, 0.3) is 0 Å². The number of amides is 1. The van der Waals surface area contributed by atoms with Crippen LogP contribution in [0.1, 0.15) is 45.9 Å². The van der Waals surface area contributed by atoms with Crippen LogP contribution in [0.2, 0.25) is 5.02 Å². The molecule has 0 unspecified atom stereocenters. The monoisotopic (exact) mass is 467 g/mol. The standard InChI is InChI=1S/C21H22ClNO5S2/c1-21(2)10-14-16(15(24)11-21)19(30-17(14)18(25)27-3)29-9-8-28-20(26)23-13-6-4-12(22)5-7-13/h4-7H,8-11H2,1-3H3,(H,23,26). The lowest BCUT2D eigenvalue weighted by molar-refractivity contribution is 0.0604. The van der Waals surface area contributed by atoms with Crippen molar-refractivity contribution >= 4 is 58.2 Å². The molecule has 2 aromatic rings. The zero-order valence-electron chi connectivity index (χ0n) is 16.9. The van der Waals surface area contributed by atoms with E-state index in [1.165, 1.54) is 30.2 Å². The molecule has 30 heavy (non-hydrogen) atoms. The number of carbonyl (C=O) groups excluding carboxylic acids is 3. The van der Waals surface area contributed by atoms with Gasteiger partial charge in [-0.3, -0.25) is 10.1 Å². The molecule has 3 rings (SSSR count). The number of nitrogens with one attached hydrogen (secondary N) is 1. The number of benzene rings is 1. The molecule has 0 aliphatic heterocycles. The predicted octanol–water partition coefficient (Wildman–Crippen LogP) is 5.68. The van der Waals surface area contributed by atoms with Crippen LogP contribution < -0.4 is 5.32 Å². The number of ketones is 1. The summed E-state index contributed by atoms with van der Waals surface area (Å²) in [5.41, 5.74) is 1.78. The van der Waals surface area contributed by atoms with E-state index in [4.69, 9.17) is 21.1 Å². The fourth-order valence-electron chi connectivity index (χ4n) is 3.27. The Hall–Kier alpha value is -2.03. The number of hydrogen-bond acceptors (Lipinski definition) is 7. The van der Waals surface area contributed by atoms with Crippen molar-refractivity contribution in [2.45, 2.75) is 30.9 Å². The largest absolute Gasteiger partial charge is 0.465 e. The highest BCUT2D eigenvalue weighted by Gasteiger charge is 2.37. The molecule has 1 aliphatic carbocycles. The van der Waals surface area contributed by atoms with Crippen molar-refractivity contribution in [3.8, 4) is 0 Å². The third kappa shape index (κ3) is 5.36. The first-order valence-corrected chi connectivity index (χ1v) is 11.5. The number of Topliss-reactive ketones (excluding diaryl/α,β-unsaturated/α-hetero) is 1. The third-order valence-electron chi connectivity index (χ3n) is 4.56. The molecular formula is C21H22ClNO5S2. The van der Waals surface area contributed by atoms with Crippen molar-refractivity contribution in [1.82, 2.24) is 0 Å². The topological polar surface area (TPSA) is 81.7 Å². The number of thioether (sulfide) groups is 1. The lowest BCUT2D eigenvalue weighted by Crippen LogP contribution is -2.27. The number of hydrogen-bond donors (Lipinski definition) is 1. The van der Waals surface area contributed by atoms with E-state index in [1.807, 2.05) is 13.8 Å². The molecule has 0 spiro atoms. The highest BCUT2D eigenvalue weighted by molar-refractivity contribution is 8.01. The molecule has 9 heteroatoms. The van der Waals surface area contributed by atoms with E-state index in [1.54, 1.807) is 24.3 Å². The van der Waals surface area contributed by atoms with E-state index in [2.05, 4.69) is 5.32 Å². The smallest absolute Gasteiger partial charge is 0.411 e. The van der Waals surface area contributed by atoms with Crippen molar-refractivity contribution in [2.24, 2.45) is 5.41 Å². The summed E-state index contributed by atoms with van der Waals surface area (Å²) >= 11 is 8.50. The summed E-state index contributed by atoms with van der Waals surface area (Å²) < 4.78 is 10.9. The number of thiophene rings is 1. The number of rotatable bonds is 6. The molecule has 1 N–H and O–H groups in total. The Morgan fingerprint density at radius 2 is 1.93 bits per heavy atom. The quantitative estimate of drug-likeness (QED) is 0.334. The number of esters is 1. The minimum absolute atomic E-state index is 0.0385. The summed E-state index contributed by atoms with van der Waals surface area (Å²) in [6.45, 7) is 4.20. The maximum absolute atomic E-state index is 12.8. The predicted molar refractivity (Wildman–Crippen MR) is 119 cm³/mol.